The monoisotopic (exact) mass is 575 g/mol. The van der Waals surface area contributed by atoms with Crippen LogP contribution in [0, 0.1) is 12.3 Å². The summed E-state index contributed by atoms with van der Waals surface area (Å²) < 4.78 is 10.9. The quantitative estimate of drug-likeness (QED) is 0.178. The number of aryl methyl sites for hydroxylation is 1. The Hall–Kier alpha value is -3.58. The van der Waals surface area contributed by atoms with E-state index in [0.29, 0.717) is 18.1 Å². The van der Waals surface area contributed by atoms with Crippen LogP contribution >= 0.6 is 0 Å². The first kappa shape index (κ1) is 34.6. The van der Waals surface area contributed by atoms with Crippen LogP contribution in [0.5, 0.6) is 11.5 Å². The molecule has 42 heavy (non-hydrogen) atoms. The van der Waals surface area contributed by atoms with E-state index in [1.807, 2.05) is 27.0 Å². The summed E-state index contributed by atoms with van der Waals surface area (Å²) in [6.45, 7) is 25.1. The fraction of sp³-hybridized carbons (Fsp3) is 0.486. The molecule has 0 radical (unpaired) electrons. The molecular formula is C35H53N5O2. The Labute approximate surface area is 254 Å². The molecule has 230 valence electrons. The summed E-state index contributed by atoms with van der Waals surface area (Å²) >= 11 is 0. The lowest BCUT2D eigenvalue weighted by atomic mass is 9.91. The second kappa shape index (κ2) is 17.4. The lowest BCUT2D eigenvalue weighted by Crippen LogP contribution is -2.35. The number of rotatable bonds is 11. The zero-order chi connectivity index (χ0) is 31.1. The van der Waals surface area contributed by atoms with Gasteiger partial charge in [0, 0.05) is 39.4 Å². The van der Waals surface area contributed by atoms with Gasteiger partial charge in [-0.15, -0.1) is 0 Å². The topological polar surface area (TPSA) is 71.0 Å². The van der Waals surface area contributed by atoms with E-state index in [2.05, 4.69) is 116 Å². The highest BCUT2D eigenvalue weighted by Crippen LogP contribution is 2.36. The molecule has 0 spiro atoms. The summed E-state index contributed by atoms with van der Waals surface area (Å²) in [5, 5.41) is 6.57. The molecule has 4 rings (SSSR count). The Morgan fingerprint density at radius 2 is 1.74 bits per heavy atom. The highest BCUT2D eigenvalue weighted by molar-refractivity contribution is 5.79. The number of benzene rings is 2. The van der Waals surface area contributed by atoms with Crippen LogP contribution in [0.4, 0.5) is 17.2 Å². The SMILES string of the molecule is C=Nc1c(N(CC)CCNCC(C)(C)C)ccnc1NC.CC.Cc1cc2c(cc1CC(C)c1ccccc1)OCO2. The van der Waals surface area contributed by atoms with E-state index in [9.17, 15) is 0 Å². The van der Waals surface area contributed by atoms with E-state index in [0.717, 1.165) is 61.3 Å². The summed E-state index contributed by atoms with van der Waals surface area (Å²) in [7, 11) is 1.85. The smallest absolute Gasteiger partial charge is 0.231 e. The normalized spacial score (nSPS) is 12.3. The number of aromatic nitrogens is 1. The fourth-order valence-electron chi connectivity index (χ4n) is 4.70. The van der Waals surface area contributed by atoms with Gasteiger partial charge < -0.3 is 25.0 Å². The van der Waals surface area contributed by atoms with Crippen LogP contribution in [0.1, 0.15) is 71.1 Å². The average molecular weight is 576 g/mol. The van der Waals surface area contributed by atoms with Crippen molar-refractivity contribution < 1.29 is 9.47 Å². The van der Waals surface area contributed by atoms with Gasteiger partial charge in [-0.25, -0.2) is 4.98 Å². The van der Waals surface area contributed by atoms with Gasteiger partial charge in [0.2, 0.25) is 6.79 Å². The van der Waals surface area contributed by atoms with E-state index in [-0.39, 0.29) is 0 Å². The molecule has 0 bridgehead atoms. The molecule has 2 heterocycles. The third kappa shape index (κ3) is 10.4. The molecule has 7 nitrogen and oxygen atoms in total. The number of pyridine rings is 1. The van der Waals surface area contributed by atoms with E-state index in [1.165, 1.54) is 16.7 Å². The summed E-state index contributed by atoms with van der Waals surface area (Å²) in [6.07, 6.45) is 2.83. The molecule has 0 fully saturated rings. The number of nitrogens with one attached hydrogen (secondary N) is 2. The lowest BCUT2D eigenvalue weighted by molar-refractivity contribution is 0.174. The van der Waals surface area contributed by atoms with Crippen molar-refractivity contribution in [1.82, 2.24) is 10.3 Å². The zero-order valence-corrected chi connectivity index (χ0v) is 27.4. The molecule has 0 saturated heterocycles. The molecule has 1 unspecified atom stereocenters. The standard InChI is InChI=1S/C17H18O2.C16H29N5.C2H6/c1-12(14-6-4-3-5-7-14)8-15-10-17-16(9-13(15)2)18-11-19-17;1-7-21(11-10-19-12-16(2,3)4)13-8-9-20-15(18-6)14(13)17-5;1-2/h3-7,9-10,12H,8,11H2,1-2H3;8-9,19H,5,7,10-12H2,1-4,6H3,(H,18,20);1-2H3. The third-order valence-electron chi connectivity index (χ3n) is 6.96. The number of likely N-dealkylation sites (N-methyl/N-ethyl adjacent to an activating group) is 1. The molecule has 2 N–H and O–H groups in total. The highest BCUT2D eigenvalue weighted by Gasteiger charge is 2.17. The Bertz CT molecular complexity index is 1220. The van der Waals surface area contributed by atoms with Crippen LogP contribution in [-0.4, -0.2) is 51.7 Å². The zero-order valence-electron chi connectivity index (χ0n) is 27.4. The van der Waals surface area contributed by atoms with Gasteiger partial charge in [-0.3, -0.25) is 4.99 Å². The van der Waals surface area contributed by atoms with Gasteiger partial charge in [0.1, 0.15) is 5.69 Å². The minimum absolute atomic E-state index is 0.306. The van der Waals surface area contributed by atoms with Crippen molar-refractivity contribution in [3.05, 3.63) is 71.4 Å². The molecule has 1 aromatic heterocycles. The first-order valence-electron chi connectivity index (χ1n) is 15.2. The Kier molecular flexibility index (Phi) is 14.3. The van der Waals surface area contributed by atoms with E-state index in [1.54, 1.807) is 6.20 Å². The van der Waals surface area contributed by atoms with Crippen LogP contribution in [0.15, 0.2) is 59.7 Å². The molecule has 0 aliphatic carbocycles. The minimum Gasteiger partial charge on any atom is -0.454 e. The van der Waals surface area contributed by atoms with Gasteiger partial charge in [-0.05, 0) is 73.2 Å². The predicted octanol–water partition coefficient (Wildman–Crippen LogP) is 8.01. The van der Waals surface area contributed by atoms with Gasteiger partial charge in [0.05, 0.1) is 5.69 Å². The molecule has 1 atom stereocenters. The van der Waals surface area contributed by atoms with E-state index < -0.39 is 0 Å². The molecule has 0 saturated carbocycles. The van der Waals surface area contributed by atoms with Crippen LogP contribution in [0.25, 0.3) is 0 Å². The van der Waals surface area contributed by atoms with Crippen molar-refractivity contribution in [2.75, 3.05) is 50.2 Å². The summed E-state index contributed by atoms with van der Waals surface area (Å²) in [6, 6.07) is 16.8. The fourth-order valence-corrected chi connectivity index (χ4v) is 4.70. The number of fused-ring (bicyclic) bond motifs is 1. The summed E-state index contributed by atoms with van der Waals surface area (Å²) in [5.74, 6) is 3.01. The Morgan fingerprint density at radius 3 is 2.33 bits per heavy atom. The van der Waals surface area contributed by atoms with Crippen molar-refractivity contribution in [3.63, 3.8) is 0 Å². The Balaban J connectivity index is 0.000000278. The average Bonchev–Trinajstić information content (AvgIpc) is 3.45. The summed E-state index contributed by atoms with van der Waals surface area (Å²) in [4.78, 5) is 10.7. The molecule has 3 aromatic rings. The highest BCUT2D eigenvalue weighted by atomic mass is 16.7. The van der Waals surface area contributed by atoms with Crippen molar-refractivity contribution >= 4 is 23.9 Å². The van der Waals surface area contributed by atoms with Crippen LogP contribution < -0.4 is 25.0 Å². The molecule has 2 aromatic carbocycles. The maximum atomic E-state index is 5.46. The number of aliphatic imine (C=N–C) groups is 1. The number of ether oxygens (including phenoxy) is 2. The van der Waals surface area contributed by atoms with Gasteiger partial charge in [-0.2, -0.15) is 0 Å². The maximum Gasteiger partial charge on any atom is 0.231 e. The predicted molar refractivity (Wildman–Crippen MR) is 180 cm³/mol. The molecule has 1 aliphatic heterocycles. The second-order valence-corrected chi connectivity index (χ2v) is 11.4. The van der Waals surface area contributed by atoms with E-state index >= 15 is 0 Å². The number of hydrogen-bond donors (Lipinski definition) is 2. The van der Waals surface area contributed by atoms with Gasteiger partial charge in [-0.1, -0.05) is 71.9 Å². The van der Waals surface area contributed by atoms with E-state index in [4.69, 9.17) is 9.47 Å². The largest absolute Gasteiger partial charge is 0.454 e. The van der Waals surface area contributed by atoms with Crippen LogP contribution in [0.2, 0.25) is 0 Å². The minimum atomic E-state index is 0.306. The third-order valence-corrected chi connectivity index (χ3v) is 6.96. The van der Waals surface area contributed by atoms with Crippen molar-refractivity contribution in [2.45, 2.75) is 67.7 Å². The molecular weight excluding hydrogens is 522 g/mol. The van der Waals surface area contributed by atoms with Crippen molar-refractivity contribution in [1.29, 1.82) is 0 Å². The number of nitrogens with zero attached hydrogens (tertiary/aromatic N) is 3. The van der Waals surface area contributed by atoms with Gasteiger partial charge in [0.25, 0.3) is 0 Å². The van der Waals surface area contributed by atoms with Gasteiger partial charge in [0.15, 0.2) is 17.3 Å². The van der Waals surface area contributed by atoms with Crippen molar-refractivity contribution in [2.24, 2.45) is 10.4 Å². The molecule has 1 aliphatic rings. The first-order valence-corrected chi connectivity index (χ1v) is 15.2. The van der Waals surface area contributed by atoms with Crippen molar-refractivity contribution in [3.8, 4) is 11.5 Å². The van der Waals surface area contributed by atoms with Crippen LogP contribution in [-0.2, 0) is 6.42 Å². The summed E-state index contributed by atoms with van der Waals surface area (Å²) in [5.41, 5.74) is 6.18. The number of hydrogen-bond acceptors (Lipinski definition) is 7. The van der Waals surface area contributed by atoms with Gasteiger partial charge >= 0.3 is 0 Å². The lowest BCUT2D eigenvalue weighted by Gasteiger charge is -2.26. The maximum absolute atomic E-state index is 5.46. The molecule has 0 amide bonds. The number of anilines is 2. The van der Waals surface area contributed by atoms with Crippen LogP contribution in [0.3, 0.4) is 0 Å². The first-order chi connectivity index (χ1) is 20.2. The molecule has 7 heteroatoms. The second-order valence-electron chi connectivity index (χ2n) is 11.4. The Morgan fingerprint density at radius 1 is 1.07 bits per heavy atom.